The molecule has 1 aromatic heterocycles. The van der Waals surface area contributed by atoms with Gasteiger partial charge >= 0.3 is 0 Å². The summed E-state index contributed by atoms with van der Waals surface area (Å²) in [5.74, 6) is 0.567. The maximum Gasteiger partial charge on any atom is 0.242 e. The second kappa shape index (κ2) is 5.33. The van der Waals surface area contributed by atoms with Crippen molar-refractivity contribution in [2.24, 2.45) is 0 Å². The highest BCUT2D eigenvalue weighted by molar-refractivity contribution is 5.84. The lowest BCUT2D eigenvalue weighted by Gasteiger charge is -2.23. The SMILES string of the molecule is Cc1cc(NC(C)C(=O)NC(C)(C)C)nnc1C. The van der Waals surface area contributed by atoms with Gasteiger partial charge in [0.15, 0.2) is 0 Å². The Morgan fingerprint density at radius 2 is 1.89 bits per heavy atom. The largest absolute Gasteiger partial charge is 0.357 e. The molecule has 0 aliphatic rings. The first-order valence-corrected chi connectivity index (χ1v) is 6.08. The van der Waals surface area contributed by atoms with E-state index < -0.39 is 0 Å². The molecule has 2 N–H and O–H groups in total. The molecule has 0 aliphatic carbocycles. The molecule has 0 fully saturated rings. The summed E-state index contributed by atoms with van der Waals surface area (Å²) in [6.45, 7) is 11.5. The van der Waals surface area contributed by atoms with Crippen LogP contribution in [0, 0.1) is 13.8 Å². The van der Waals surface area contributed by atoms with Crippen LogP contribution in [0.5, 0.6) is 0 Å². The monoisotopic (exact) mass is 250 g/mol. The number of aryl methyl sites for hydroxylation is 2. The number of carbonyl (C=O) groups excluding carboxylic acids is 1. The number of amides is 1. The van der Waals surface area contributed by atoms with Crippen LogP contribution in [0.25, 0.3) is 0 Å². The molecule has 1 unspecified atom stereocenters. The summed E-state index contributed by atoms with van der Waals surface area (Å²) in [5, 5.41) is 14.0. The van der Waals surface area contributed by atoms with Crippen molar-refractivity contribution in [3.63, 3.8) is 0 Å². The number of hydrogen-bond acceptors (Lipinski definition) is 4. The highest BCUT2D eigenvalue weighted by Crippen LogP contribution is 2.09. The molecular formula is C13H22N4O. The summed E-state index contributed by atoms with van der Waals surface area (Å²) in [7, 11) is 0. The van der Waals surface area contributed by atoms with E-state index in [-0.39, 0.29) is 17.5 Å². The third-order valence-electron chi connectivity index (χ3n) is 2.49. The Balaban J connectivity index is 2.66. The van der Waals surface area contributed by atoms with Gasteiger partial charge in [0, 0.05) is 5.54 Å². The lowest BCUT2D eigenvalue weighted by Crippen LogP contribution is -2.47. The summed E-state index contributed by atoms with van der Waals surface area (Å²) >= 11 is 0. The third-order valence-corrected chi connectivity index (χ3v) is 2.49. The summed E-state index contributed by atoms with van der Waals surface area (Å²) in [4.78, 5) is 11.9. The Morgan fingerprint density at radius 3 is 2.39 bits per heavy atom. The summed E-state index contributed by atoms with van der Waals surface area (Å²) in [6.07, 6.45) is 0. The molecule has 0 spiro atoms. The molecule has 1 heterocycles. The van der Waals surface area contributed by atoms with Crippen molar-refractivity contribution in [3.8, 4) is 0 Å². The van der Waals surface area contributed by atoms with Gasteiger partial charge < -0.3 is 10.6 Å². The van der Waals surface area contributed by atoms with E-state index in [0.717, 1.165) is 11.3 Å². The van der Waals surface area contributed by atoms with E-state index in [2.05, 4.69) is 20.8 Å². The zero-order valence-corrected chi connectivity index (χ0v) is 12.0. The second-order valence-corrected chi connectivity index (χ2v) is 5.60. The molecule has 1 amide bonds. The van der Waals surface area contributed by atoms with E-state index in [1.165, 1.54) is 0 Å². The molecule has 1 aromatic rings. The number of nitrogens with one attached hydrogen (secondary N) is 2. The minimum absolute atomic E-state index is 0.0532. The molecule has 0 saturated heterocycles. The zero-order chi connectivity index (χ0) is 13.9. The van der Waals surface area contributed by atoms with Crippen molar-refractivity contribution in [3.05, 3.63) is 17.3 Å². The van der Waals surface area contributed by atoms with Gasteiger partial charge in [-0.1, -0.05) is 0 Å². The van der Waals surface area contributed by atoms with E-state index in [1.54, 1.807) is 6.92 Å². The highest BCUT2D eigenvalue weighted by atomic mass is 16.2. The normalized spacial score (nSPS) is 13.0. The van der Waals surface area contributed by atoms with Crippen molar-refractivity contribution in [1.82, 2.24) is 15.5 Å². The van der Waals surface area contributed by atoms with Crippen LogP contribution < -0.4 is 10.6 Å². The van der Waals surface area contributed by atoms with Crippen LogP contribution in [0.1, 0.15) is 39.0 Å². The Kier molecular flexibility index (Phi) is 4.27. The Bertz CT molecular complexity index is 437. The van der Waals surface area contributed by atoms with Crippen molar-refractivity contribution in [1.29, 1.82) is 0 Å². The minimum atomic E-state index is -0.347. The highest BCUT2D eigenvalue weighted by Gasteiger charge is 2.19. The van der Waals surface area contributed by atoms with Gasteiger partial charge in [-0.2, -0.15) is 5.10 Å². The Hall–Kier alpha value is -1.65. The number of aromatic nitrogens is 2. The van der Waals surface area contributed by atoms with Gasteiger partial charge in [-0.25, -0.2) is 0 Å². The van der Waals surface area contributed by atoms with E-state index in [9.17, 15) is 4.79 Å². The second-order valence-electron chi connectivity index (χ2n) is 5.60. The summed E-state index contributed by atoms with van der Waals surface area (Å²) in [5.41, 5.74) is 1.71. The average Bonchev–Trinajstić information content (AvgIpc) is 2.21. The van der Waals surface area contributed by atoms with Gasteiger partial charge in [0.1, 0.15) is 11.9 Å². The fraction of sp³-hybridized carbons (Fsp3) is 0.615. The molecule has 5 nitrogen and oxygen atoms in total. The zero-order valence-electron chi connectivity index (χ0n) is 12.0. The molecule has 0 aromatic carbocycles. The van der Waals surface area contributed by atoms with Crippen LogP contribution in [-0.4, -0.2) is 27.7 Å². The lowest BCUT2D eigenvalue weighted by molar-refractivity contribution is -0.122. The fourth-order valence-electron chi connectivity index (χ4n) is 1.38. The van der Waals surface area contributed by atoms with Crippen LogP contribution in [0.4, 0.5) is 5.82 Å². The first-order valence-electron chi connectivity index (χ1n) is 6.08. The Morgan fingerprint density at radius 1 is 1.28 bits per heavy atom. The molecule has 18 heavy (non-hydrogen) atoms. The predicted octanol–water partition coefficient (Wildman–Crippen LogP) is 1.81. The van der Waals surface area contributed by atoms with Crippen LogP contribution in [0.2, 0.25) is 0 Å². The molecule has 100 valence electrons. The van der Waals surface area contributed by atoms with Gasteiger partial charge in [-0.3, -0.25) is 4.79 Å². The van der Waals surface area contributed by atoms with Crippen molar-refractivity contribution in [2.75, 3.05) is 5.32 Å². The number of anilines is 1. The Labute approximate surface area is 108 Å². The lowest BCUT2D eigenvalue weighted by atomic mass is 10.1. The van der Waals surface area contributed by atoms with Gasteiger partial charge in [-0.05, 0) is 53.2 Å². The van der Waals surface area contributed by atoms with Gasteiger partial charge in [0.25, 0.3) is 0 Å². The molecular weight excluding hydrogens is 228 g/mol. The van der Waals surface area contributed by atoms with Crippen LogP contribution in [0.15, 0.2) is 6.07 Å². The molecule has 0 radical (unpaired) electrons. The van der Waals surface area contributed by atoms with Gasteiger partial charge in [0.05, 0.1) is 5.69 Å². The maximum absolute atomic E-state index is 11.9. The predicted molar refractivity (Wildman–Crippen MR) is 72.5 cm³/mol. The van der Waals surface area contributed by atoms with E-state index in [0.29, 0.717) is 5.82 Å². The van der Waals surface area contributed by atoms with Crippen molar-refractivity contribution in [2.45, 2.75) is 53.1 Å². The molecule has 0 aliphatic heterocycles. The average molecular weight is 250 g/mol. The molecule has 1 atom stereocenters. The van der Waals surface area contributed by atoms with Crippen LogP contribution in [0.3, 0.4) is 0 Å². The third kappa shape index (κ3) is 4.31. The van der Waals surface area contributed by atoms with Gasteiger partial charge in [0.2, 0.25) is 5.91 Å². The van der Waals surface area contributed by atoms with E-state index in [4.69, 9.17) is 0 Å². The first-order chi connectivity index (χ1) is 8.19. The minimum Gasteiger partial charge on any atom is -0.357 e. The van der Waals surface area contributed by atoms with Crippen molar-refractivity contribution < 1.29 is 4.79 Å². The number of hydrogen-bond donors (Lipinski definition) is 2. The summed E-state index contributed by atoms with van der Waals surface area (Å²) in [6, 6.07) is 1.55. The number of rotatable bonds is 3. The molecule has 0 bridgehead atoms. The van der Waals surface area contributed by atoms with E-state index in [1.807, 2.05) is 40.7 Å². The maximum atomic E-state index is 11.9. The molecule has 5 heteroatoms. The van der Waals surface area contributed by atoms with E-state index >= 15 is 0 Å². The smallest absolute Gasteiger partial charge is 0.242 e. The quantitative estimate of drug-likeness (QED) is 0.858. The van der Waals surface area contributed by atoms with Crippen LogP contribution in [-0.2, 0) is 4.79 Å². The van der Waals surface area contributed by atoms with Crippen LogP contribution >= 0.6 is 0 Å². The molecule has 0 saturated carbocycles. The topological polar surface area (TPSA) is 66.9 Å². The standard InChI is InChI=1S/C13H22N4O/c1-8-7-11(17-16-9(8)2)14-10(3)12(18)15-13(4,5)6/h7,10H,1-6H3,(H,14,17)(H,15,18). The number of nitrogens with zero attached hydrogens (tertiary/aromatic N) is 2. The van der Waals surface area contributed by atoms with Gasteiger partial charge in [-0.15, -0.1) is 5.10 Å². The fourth-order valence-corrected chi connectivity index (χ4v) is 1.38. The first kappa shape index (κ1) is 14.4. The summed E-state index contributed by atoms with van der Waals surface area (Å²) < 4.78 is 0. The van der Waals surface area contributed by atoms with Crippen molar-refractivity contribution >= 4 is 11.7 Å². The molecule has 1 rings (SSSR count). The number of carbonyl (C=O) groups is 1.